The molecule has 2 aromatic rings. The van der Waals surface area contributed by atoms with Crippen LogP contribution >= 0.6 is 0 Å². The Kier molecular flexibility index (Phi) is 4.92. The van der Waals surface area contributed by atoms with Gasteiger partial charge in [-0.15, -0.1) is 0 Å². The lowest BCUT2D eigenvalue weighted by atomic mass is 10.1. The van der Waals surface area contributed by atoms with E-state index < -0.39 is 16.6 Å². The third kappa shape index (κ3) is 3.69. The second-order valence-electron chi connectivity index (χ2n) is 5.92. The van der Waals surface area contributed by atoms with E-state index in [2.05, 4.69) is 0 Å². The molecule has 1 aliphatic rings. The first-order chi connectivity index (χ1) is 12.5. The van der Waals surface area contributed by atoms with Crippen LogP contribution in [-0.4, -0.2) is 34.9 Å². The molecule has 0 bridgehead atoms. The lowest BCUT2D eigenvalue weighted by Gasteiger charge is -2.28. The van der Waals surface area contributed by atoms with Gasteiger partial charge in [-0.05, 0) is 42.8 Å². The average molecular weight is 357 g/mol. The maximum atomic E-state index is 13.1. The Bertz CT molecular complexity index is 837. The third-order valence-electron chi connectivity index (χ3n) is 4.19. The van der Waals surface area contributed by atoms with Crippen molar-refractivity contribution in [2.24, 2.45) is 0 Å². The summed E-state index contributed by atoms with van der Waals surface area (Å²) in [6.07, 6.45) is 1.15. The molecule has 0 N–H and O–H groups in total. The highest BCUT2D eigenvalue weighted by atomic mass is 19.1. The minimum absolute atomic E-state index is 0.0346. The zero-order valence-electron chi connectivity index (χ0n) is 13.8. The molecule has 2 amide bonds. The molecule has 7 nitrogen and oxygen atoms in total. The second kappa shape index (κ2) is 7.30. The van der Waals surface area contributed by atoms with Crippen molar-refractivity contribution in [1.29, 1.82) is 0 Å². The number of amides is 2. The molecule has 8 heteroatoms. The zero-order valence-corrected chi connectivity index (χ0v) is 13.8. The zero-order chi connectivity index (χ0) is 18.7. The van der Waals surface area contributed by atoms with E-state index in [9.17, 15) is 24.1 Å². The SMILES string of the molecule is O=C1CCCN1CN(C(=O)c1ccc(F)cc1)c1ccc([N+](=O)[O-])cc1. The molecule has 1 heterocycles. The van der Waals surface area contributed by atoms with E-state index in [1.807, 2.05) is 0 Å². The van der Waals surface area contributed by atoms with Crippen molar-refractivity contribution in [2.45, 2.75) is 12.8 Å². The van der Waals surface area contributed by atoms with E-state index >= 15 is 0 Å². The van der Waals surface area contributed by atoms with Gasteiger partial charge >= 0.3 is 0 Å². The van der Waals surface area contributed by atoms with Crippen LogP contribution in [0.3, 0.4) is 0 Å². The molecular weight excluding hydrogens is 341 g/mol. The quantitative estimate of drug-likeness (QED) is 0.608. The summed E-state index contributed by atoms with van der Waals surface area (Å²) >= 11 is 0. The Morgan fingerprint density at radius 3 is 2.35 bits per heavy atom. The van der Waals surface area contributed by atoms with Gasteiger partial charge in [0.15, 0.2) is 0 Å². The van der Waals surface area contributed by atoms with Crippen LogP contribution in [0.1, 0.15) is 23.2 Å². The van der Waals surface area contributed by atoms with Gasteiger partial charge in [-0.25, -0.2) is 4.39 Å². The third-order valence-corrected chi connectivity index (χ3v) is 4.19. The van der Waals surface area contributed by atoms with Crippen molar-refractivity contribution >= 4 is 23.2 Å². The number of carbonyl (C=O) groups excluding carboxylic acids is 2. The molecule has 0 atom stereocenters. The number of nitro benzene ring substituents is 1. The number of hydrogen-bond donors (Lipinski definition) is 0. The monoisotopic (exact) mass is 357 g/mol. The summed E-state index contributed by atoms with van der Waals surface area (Å²) in [6, 6.07) is 10.6. The number of hydrogen-bond acceptors (Lipinski definition) is 4. The van der Waals surface area contributed by atoms with Crippen molar-refractivity contribution in [1.82, 2.24) is 4.90 Å². The molecule has 3 rings (SSSR count). The van der Waals surface area contributed by atoms with Crippen molar-refractivity contribution in [3.05, 3.63) is 70.0 Å². The average Bonchev–Trinajstić information content (AvgIpc) is 3.04. The Balaban J connectivity index is 1.92. The summed E-state index contributed by atoms with van der Waals surface area (Å²) in [4.78, 5) is 38.1. The number of nitro groups is 1. The fraction of sp³-hybridized carbons (Fsp3) is 0.222. The summed E-state index contributed by atoms with van der Waals surface area (Å²) in [7, 11) is 0. The van der Waals surface area contributed by atoms with Gasteiger partial charge in [-0.1, -0.05) is 0 Å². The molecule has 0 unspecified atom stereocenters. The van der Waals surface area contributed by atoms with E-state index in [1.54, 1.807) is 4.90 Å². The van der Waals surface area contributed by atoms with E-state index in [4.69, 9.17) is 0 Å². The summed E-state index contributed by atoms with van der Waals surface area (Å²) in [5.41, 5.74) is 0.584. The van der Waals surface area contributed by atoms with E-state index in [0.717, 1.165) is 6.42 Å². The fourth-order valence-electron chi connectivity index (χ4n) is 2.79. The molecule has 0 spiro atoms. The Labute approximate surface area is 148 Å². The molecule has 134 valence electrons. The molecule has 1 aliphatic heterocycles. The Morgan fingerprint density at radius 2 is 1.81 bits per heavy atom. The molecule has 1 fully saturated rings. The van der Waals surface area contributed by atoms with Crippen LogP contribution < -0.4 is 4.90 Å². The summed E-state index contributed by atoms with van der Waals surface area (Å²) in [6.45, 7) is 0.575. The van der Waals surface area contributed by atoms with Crippen LogP contribution in [-0.2, 0) is 4.79 Å². The number of benzene rings is 2. The number of carbonyl (C=O) groups is 2. The summed E-state index contributed by atoms with van der Waals surface area (Å²) in [5.74, 6) is -0.930. The van der Waals surface area contributed by atoms with E-state index in [1.165, 1.54) is 53.4 Å². The van der Waals surface area contributed by atoms with Crippen molar-refractivity contribution in [3.63, 3.8) is 0 Å². The van der Waals surface area contributed by atoms with Gasteiger partial charge in [0.05, 0.1) is 4.92 Å². The number of anilines is 1. The van der Waals surface area contributed by atoms with Gasteiger partial charge in [-0.2, -0.15) is 0 Å². The highest BCUT2D eigenvalue weighted by Gasteiger charge is 2.26. The minimum Gasteiger partial charge on any atom is -0.324 e. The van der Waals surface area contributed by atoms with E-state index in [-0.39, 0.29) is 23.8 Å². The number of halogens is 1. The van der Waals surface area contributed by atoms with E-state index in [0.29, 0.717) is 18.7 Å². The van der Waals surface area contributed by atoms with Gasteiger partial charge in [0.25, 0.3) is 11.6 Å². The number of likely N-dealkylation sites (tertiary alicyclic amines) is 1. The van der Waals surface area contributed by atoms with Gasteiger partial charge in [0.1, 0.15) is 12.5 Å². The first-order valence-electron chi connectivity index (χ1n) is 8.05. The highest BCUT2D eigenvalue weighted by molar-refractivity contribution is 6.06. The molecule has 0 radical (unpaired) electrons. The predicted octanol–water partition coefficient (Wildman–Crippen LogP) is 2.96. The summed E-state index contributed by atoms with van der Waals surface area (Å²) in [5, 5.41) is 10.8. The standard InChI is InChI=1S/C18H16FN3O4/c19-14-5-3-13(4-6-14)18(24)21(12-20-11-1-2-17(20)23)15-7-9-16(10-8-15)22(25)26/h3-10H,1-2,11-12H2. The normalized spacial score (nSPS) is 13.7. The maximum absolute atomic E-state index is 13.1. The Morgan fingerprint density at radius 1 is 1.15 bits per heavy atom. The number of nitrogens with zero attached hydrogens (tertiary/aromatic N) is 3. The van der Waals surface area contributed by atoms with Crippen LogP contribution in [0.25, 0.3) is 0 Å². The van der Waals surface area contributed by atoms with Crippen LogP contribution in [0.15, 0.2) is 48.5 Å². The van der Waals surface area contributed by atoms with Crippen molar-refractivity contribution < 1.29 is 18.9 Å². The number of non-ortho nitro benzene ring substituents is 1. The molecule has 1 saturated heterocycles. The Hall–Kier alpha value is -3.29. The lowest BCUT2D eigenvalue weighted by molar-refractivity contribution is -0.384. The lowest BCUT2D eigenvalue weighted by Crippen LogP contribution is -2.42. The molecule has 0 aliphatic carbocycles. The molecule has 26 heavy (non-hydrogen) atoms. The first kappa shape index (κ1) is 17.5. The molecule has 2 aromatic carbocycles. The van der Waals surface area contributed by atoms with Crippen LogP contribution in [0, 0.1) is 15.9 Å². The van der Waals surface area contributed by atoms with Crippen molar-refractivity contribution in [2.75, 3.05) is 18.1 Å². The van der Waals surface area contributed by atoms with Gasteiger partial charge in [0.2, 0.25) is 5.91 Å². The smallest absolute Gasteiger partial charge is 0.269 e. The van der Waals surface area contributed by atoms with Gasteiger partial charge in [-0.3, -0.25) is 24.6 Å². The maximum Gasteiger partial charge on any atom is 0.269 e. The topological polar surface area (TPSA) is 83.8 Å². The first-order valence-corrected chi connectivity index (χ1v) is 8.05. The fourth-order valence-corrected chi connectivity index (χ4v) is 2.79. The summed E-state index contributed by atoms with van der Waals surface area (Å²) < 4.78 is 13.1. The van der Waals surface area contributed by atoms with Crippen LogP contribution in [0.2, 0.25) is 0 Å². The van der Waals surface area contributed by atoms with Crippen molar-refractivity contribution in [3.8, 4) is 0 Å². The number of rotatable bonds is 5. The molecular formula is C18H16FN3O4. The van der Waals surface area contributed by atoms with Gasteiger partial charge in [0, 0.05) is 36.3 Å². The van der Waals surface area contributed by atoms with Crippen LogP contribution in [0.4, 0.5) is 15.8 Å². The predicted molar refractivity (Wildman–Crippen MR) is 92.1 cm³/mol. The highest BCUT2D eigenvalue weighted by Crippen LogP contribution is 2.23. The molecule has 0 aromatic heterocycles. The largest absolute Gasteiger partial charge is 0.324 e. The second-order valence-corrected chi connectivity index (χ2v) is 5.92. The molecule has 0 saturated carbocycles. The van der Waals surface area contributed by atoms with Crippen LogP contribution in [0.5, 0.6) is 0 Å². The minimum atomic E-state index is -0.528. The van der Waals surface area contributed by atoms with Gasteiger partial charge < -0.3 is 4.90 Å².